The van der Waals surface area contributed by atoms with E-state index in [1.54, 1.807) is 5.57 Å². The van der Waals surface area contributed by atoms with E-state index in [4.69, 9.17) is 0 Å². The van der Waals surface area contributed by atoms with Gasteiger partial charge in [0, 0.05) is 5.92 Å². The van der Waals surface area contributed by atoms with E-state index in [0.717, 1.165) is 6.42 Å². The molecular formula is C16H16. The summed E-state index contributed by atoms with van der Waals surface area (Å²) < 4.78 is 0. The van der Waals surface area contributed by atoms with E-state index in [1.165, 1.54) is 23.1 Å². The van der Waals surface area contributed by atoms with E-state index in [1.807, 2.05) is 0 Å². The van der Waals surface area contributed by atoms with Gasteiger partial charge >= 0.3 is 0 Å². The van der Waals surface area contributed by atoms with Gasteiger partial charge < -0.3 is 0 Å². The zero-order chi connectivity index (χ0) is 11.0. The van der Waals surface area contributed by atoms with Crippen molar-refractivity contribution in [3.05, 3.63) is 64.8 Å². The Morgan fingerprint density at radius 3 is 2.94 bits per heavy atom. The molecular weight excluding hydrogens is 192 g/mol. The molecule has 0 heterocycles. The number of rotatable bonds is 2. The van der Waals surface area contributed by atoms with Crippen LogP contribution in [-0.4, -0.2) is 0 Å². The third kappa shape index (κ3) is 1.55. The van der Waals surface area contributed by atoms with E-state index in [2.05, 4.69) is 55.5 Å². The first kappa shape index (κ1) is 9.65. The normalized spacial score (nSPS) is 21.9. The van der Waals surface area contributed by atoms with Crippen molar-refractivity contribution < 1.29 is 0 Å². The Morgan fingerprint density at radius 2 is 2.12 bits per heavy atom. The zero-order valence-electron chi connectivity index (χ0n) is 9.61. The summed E-state index contributed by atoms with van der Waals surface area (Å²) in [4.78, 5) is 0. The molecule has 0 saturated carbocycles. The van der Waals surface area contributed by atoms with Gasteiger partial charge in [-0.3, -0.25) is 0 Å². The predicted molar refractivity (Wildman–Crippen MR) is 69.3 cm³/mol. The lowest BCUT2D eigenvalue weighted by atomic mass is 9.89. The molecule has 2 aliphatic carbocycles. The fraction of sp³-hybridized carbons (Fsp3) is 0.250. The molecule has 1 unspecified atom stereocenters. The smallest absolute Gasteiger partial charge is 0.00920 e. The molecule has 1 atom stereocenters. The van der Waals surface area contributed by atoms with Crippen LogP contribution in [-0.2, 0) is 0 Å². The highest BCUT2D eigenvalue weighted by Gasteiger charge is 2.22. The van der Waals surface area contributed by atoms with Crippen molar-refractivity contribution in [1.29, 1.82) is 0 Å². The minimum atomic E-state index is 0.613. The molecule has 3 rings (SSSR count). The summed E-state index contributed by atoms with van der Waals surface area (Å²) in [6.07, 6.45) is 11.4. The summed E-state index contributed by atoms with van der Waals surface area (Å²) in [7, 11) is 0. The molecule has 0 N–H and O–H groups in total. The van der Waals surface area contributed by atoms with Gasteiger partial charge in [-0.05, 0) is 30.9 Å². The second-order valence-corrected chi connectivity index (χ2v) is 4.73. The summed E-state index contributed by atoms with van der Waals surface area (Å²) in [5.41, 5.74) is 5.99. The average Bonchev–Trinajstić information content (AvgIpc) is 2.89. The molecule has 0 heteroatoms. The minimum absolute atomic E-state index is 0.613. The van der Waals surface area contributed by atoms with Crippen LogP contribution in [0.5, 0.6) is 0 Å². The molecule has 0 amide bonds. The van der Waals surface area contributed by atoms with Gasteiger partial charge in [-0.25, -0.2) is 0 Å². The first-order valence-corrected chi connectivity index (χ1v) is 5.96. The van der Waals surface area contributed by atoms with Crippen LogP contribution in [0.3, 0.4) is 0 Å². The molecule has 0 fully saturated rings. The van der Waals surface area contributed by atoms with E-state index in [0.29, 0.717) is 5.92 Å². The van der Waals surface area contributed by atoms with Crippen molar-refractivity contribution in [3.8, 4) is 0 Å². The number of allylic oxidation sites excluding steroid dienone is 5. The van der Waals surface area contributed by atoms with Crippen molar-refractivity contribution in [2.75, 3.05) is 0 Å². The predicted octanol–water partition coefficient (Wildman–Crippen LogP) is 4.46. The summed E-state index contributed by atoms with van der Waals surface area (Å²) in [6.45, 7) is 2.26. The van der Waals surface area contributed by atoms with Gasteiger partial charge in [-0.15, -0.1) is 0 Å². The molecule has 0 saturated heterocycles. The first-order valence-electron chi connectivity index (χ1n) is 5.96. The van der Waals surface area contributed by atoms with E-state index in [9.17, 15) is 0 Å². The Balaban J connectivity index is 1.88. The van der Waals surface area contributed by atoms with Gasteiger partial charge in [0.05, 0.1) is 0 Å². The van der Waals surface area contributed by atoms with Crippen molar-refractivity contribution in [2.24, 2.45) is 0 Å². The Morgan fingerprint density at radius 1 is 1.25 bits per heavy atom. The highest BCUT2D eigenvalue weighted by molar-refractivity contribution is 5.66. The first-order chi connectivity index (χ1) is 7.84. The van der Waals surface area contributed by atoms with Crippen LogP contribution in [0.25, 0.3) is 6.08 Å². The van der Waals surface area contributed by atoms with Crippen molar-refractivity contribution in [1.82, 2.24) is 0 Å². The molecule has 1 aromatic carbocycles. The maximum Gasteiger partial charge on any atom is 0.00920 e. The van der Waals surface area contributed by atoms with Gasteiger partial charge in [0.25, 0.3) is 0 Å². The molecule has 0 aliphatic heterocycles. The van der Waals surface area contributed by atoms with Crippen molar-refractivity contribution >= 4 is 6.08 Å². The van der Waals surface area contributed by atoms with Crippen molar-refractivity contribution in [3.63, 3.8) is 0 Å². The summed E-state index contributed by atoms with van der Waals surface area (Å²) >= 11 is 0. The van der Waals surface area contributed by atoms with E-state index in [-0.39, 0.29) is 0 Å². The maximum atomic E-state index is 2.34. The van der Waals surface area contributed by atoms with Gasteiger partial charge in [-0.2, -0.15) is 0 Å². The van der Waals surface area contributed by atoms with E-state index >= 15 is 0 Å². The third-order valence-corrected chi connectivity index (χ3v) is 3.62. The molecule has 80 valence electrons. The quantitative estimate of drug-likeness (QED) is 0.673. The lowest BCUT2D eigenvalue weighted by Gasteiger charge is -2.15. The molecule has 0 radical (unpaired) electrons. The van der Waals surface area contributed by atoms with Gasteiger partial charge in [0.15, 0.2) is 0 Å². The second-order valence-electron chi connectivity index (χ2n) is 4.73. The molecule has 0 bridgehead atoms. The van der Waals surface area contributed by atoms with Crippen LogP contribution >= 0.6 is 0 Å². The van der Waals surface area contributed by atoms with Gasteiger partial charge in [-0.1, -0.05) is 59.7 Å². The summed E-state index contributed by atoms with van der Waals surface area (Å²) in [5.74, 6) is 0.613. The Hall–Kier alpha value is -1.56. The number of hydrogen-bond acceptors (Lipinski definition) is 0. The number of hydrogen-bond donors (Lipinski definition) is 0. The van der Waals surface area contributed by atoms with Crippen LogP contribution in [0.2, 0.25) is 0 Å². The van der Waals surface area contributed by atoms with Crippen LogP contribution in [0, 0.1) is 0 Å². The fourth-order valence-corrected chi connectivity index (χ4v) is 2.73. The number of benzene rings is 1. The molecule has 1 aromatic rings. The standard InChI is InChI=1S/C16H16/c1-12-10-14-8-4-5-9-15(14)16(12)11-13-6-2-3-7-13/h2-6,8-10,16H,7,11H2,1H3. The Bertz CT molecular complexity index is 501. The number of fused-ring (bicyclic) bond motifs is 1. The lowest BCUT2D eigenvalue weighted by Crippen LogP contribution is -1.98. The second kappa shape index (κ2) is 3.79. The molecule has 16 heavy (non-hydrogen) atoms. The molecule has 0 aromatic heterocycles. The lowest BCUT2D eigenvalue weighted by molar-refractivity contribution is 0.784. The van der Waals surface area contributed by atoms with Crippen LogP contribution < -0.4 is 0 Å². The minimum Gasteiger partial charge on any atom is -0.0805 e. The highest BCUT2D eigenvalue weighted by atomic mass is 14.3. The summed E-state index contributed by atoms with van der Waals surface area (Å²) in [6, 6.07) is 8.77. The zero-order valence-corrected chi connectivity index (χ0v) is 9.61. The van der Waals surface area contributed by atoms with Gasteiger partial charge in [0.1, 0.15) is 0 Å². The Labute approximate surface area is 97.0 Å². The van der Waals surface area contributed by atoms with Crippen molar-refractivity contribution in [2.45, 2.75) is 25.7 Å². The maximum absolute atomic E-state index is 2.34. The van der Waals surface area contributed by atoms with Crippen LogP contribution in [0.15, 0.2) is 53.6 Å². The highest BCUT2D eigenvalue weighted by Crippen LogP contribution is 2.40. The third-order valence-electron chi connectivity index (χ3n) is 3.62. The monoisotopic (exact) mass is 208 g/mol. The summed E-state index contributed by atoms with van der Waals surface area (Å²) in [5, 5.41) is 0. The van der Waals surface area contributed by atoms with E-state index < -0.39 is 0 Å². The van der Waals surface area contributed by atoms with Gasteiger partial charge in [0.2, 0.25) is 0 Å². The topological polar surface area (TPSA) is 0 Å². The average molecular weight is 208 g/mol. The largest absolute Gasteiger partial charge is 0.0805 e. The Kier molecular flexibility index (Phi) is 2.28. The SMILES string of the molecule is CC1=Cc2ccccc2C1CC1=CC=CC1. The molecule has 2 aliphatic rings. The fourth-order valence-electron chi connectivity index (χ4n) is 2.73. The molecule has 0 spiro atoms. The van der Waals surface area contributed by atoms with Crippen LogP contribution in [0.1, 0.15) is 36.8 Å². The van der Waals surface area contributed by atoms with Crippen LogP contribution in [0.4, 0.5) is 0 Å². The molecule has 0 nitrogen and oxygen atoms in total.